The maximum absolute atomic E-state index is 10.2. The molecule has 138 valence electrons. The van der Waals surface area contributed by atoms with Crippen LogP contribution in [0.1, 0.15) is 6.92 Å². The van der Waals surface area contributed by atoms with Crippen LogP contribution in [0.5, 0.6) is 0 Å². The number of aliphatic carboxylic acids is 2. The van der Waals surface area contributed by atoms with Gasteiger partial charge in [0.2, 0.25) is 0 Å². The van der Waals surface area contributed by atoms with E-state index in [9.17, 15) is 18.7 Å². The molecule has 0 spiro atoms. The molecule has 0 aliphatic heterocycles. The lowest BCUT2D eigenvalue weighted by Crippen LogP contribution is -2.41. The molecular formula is C7H18N2O12P2. The number of phosphoric ester groups is 2. The van der Waals surface area contributed by atoms with Gasteiger partial charge in [-0.2, -0.15) is 0 Å². The Labute approximate surface area is 129 Å². The Bertz CT molecular complexity index is 486. The van der Waals surface area contributed by atoms with Crippen molar-refractivity contribution in [3.63, 3.8) is 0 Å². The molecule has 0 aliphatic rings. The number of phosphoric acid groups is 2. The van der Waals surface area contributed by atoms with Gasteiger partial charge < -0.3 is 41.3 Å². The van der Waals surface area contributed by atoms with Gasteiger partial charge >= 0.3 is 27.6 Å². The van der Waals surface area contributed by atoms with E-state index < -0.39 is 52.4 Å². The van der Waals surface area contributed by atoms with Gasteiger partial charge in [-0.1, -0.05) is 0 Å². The van der Waals surface area contributed by atoms with Gasteiger partial charge in [0.15, 0.2) is 0 Å². The van der Waals surface area contributed by atoms with Crippen molar-refractivity contribution in [2.24, 2.45) is 11.5 Å². The molecular weight excluding hydrogens is 366 g/mol. The Kier molecular flexibility index (Phi) is 10.6. The molecule has 3 atom stereocenters. The van der Waals surface area contributed by atoms with E-state index in [1.165, 1.54) is 0 Å². The summed E-state index contributed by atoms with van der Waals surface area (Å²) in [5.41, 5.74) is 9.86. The van der Waals surface area contributed by atoms with E-state index in [1.807, 2.05) is 0 Å². The molecule has 10 N–H and O–H groups in total. The van der Waals surface area contributed by atoms with Crippen LogP contribution in [-0.4, -0.2) is 66.5 Å². The molecule has 0 heterocycles. The molecule has 0 aromatic carbocycles. The third-order valence-electron chi connectivity index (χ3n) is 1.83. The van der Waals surface area contributed by atoms with Crippen LogP contribution in [0.3, 0.4) is 0 Å². The van der Waals surface area contributed by atoms with Crippen molar-refractivity contribution in [2.45, 2.75) is 25.1 Å². The van der Waals surface area contributed by atoms with E-state index >= 15 is 0 Å². The van der Waals surface area contributed by atoms with Crippen molar-refractivity contribution in [1.82, 2.24) is 0 Å². The minimum atomic E-state index is -4.66. The van der Waals surface area contributed by atoms with Crippen molar-refractivity contribution in [2.75, 3.05) is 6.61 Å². The van der Waals surface area contributed by atoms with Gasteiger partial charge in [0.25, 0.3) is 0 Å². The zero-order valence-electron chi connectivity index (χ0n) is 11.6. The van der Waals surface area contributed by atoms with Crippen LogP contribution in [0.4, 0.5) is 0 Å². The molecule has 0 saturated heterocycles. The van der Waals surface area contributed by atoms with Crippen LogP contribution >= 0.6 is 15.6 Å². The predicted octanol–water partition coefficient (Wildman–Crippen LogP) is -2.60. The average molecular weight is 384 g/mol. The van der Waals surface area contributed by atoms with Gasteiger partial charge in [0, 0.05) is 0 Å². The summed E-state index contributed by atoms with van der Waals surface area (Å²) < 4.78 is 28.0. The number of carboxylic acid groups (broad SMARTS) is 2. The highest BCUT2D eigenvalue weighted by Crippen LogP contribution is 2.37. The monoisotopic (exact) mass is 384 g/mol. The molecule has 0 aromatic heterocycles. The number of carbonyl (C=O) groups is 2. The van der Waals surface area contributed by atoms with Crippen LogP contribution < -0.4 is 11.5 Å². The second kappa shape index (κ2) is 10.1. The van der Waals surface area contributed by atoms with Crippen LogP contribution in [0.25, 0.3) is 0 Å². The summed E-state index contributed by atoms with van der Waals surface area (Å²) in [4.78, 5) is 52.8. The molecule has 0 unspecified atom stereocenters. The molecule has 0 aromatic rings. The van der Waals surface area contributed by atoms with E-state index in [-0.39, 0.29) is 0 Å². The van der Waals surface area contributed by atoms with E-state index in [0.717, 1.165) is 6.92 Å². The first-order chi connectivity index (χ1) is 10.1. The molecule has 0 bridgehead atoms. The maximum Gasteiger partial charge on any atom is 0.469 e. The number of carboxylic acids is 2. The summed E-state index contributed by atoms with van der Waals surface area (Å²) in [6, 6.07) is -2.86. The lowest BCUT2D eigenvalue weighted by atomic mass is 10.2. The van der Waals surface area contributed by atoms with E-state index in [0.29, 0.717) is 0 Å². The van der Waals surface area contributed by atoms with E-state index in [2.05, 4.69) is 9.05 Å². The third kappa shape index (κ3) is 15.7. The van der Waals surface area contributed by atoms with Gasteiger partial charge in [-0.25, -0.2) is 9.13 Å². The standard InChI is InChI=1S/C4H10NO6P.C3H8NO6P/c1-2(3(5)4(6)7)11-12(8,9)10;4-2(3(5)6)1-10-11(7,8)9/h2-3H,5H2,1H3,(H,6,7)(H2,8,9,10);2H,1,4H2,(H,5,6)(H2,7,8,9)/t2-,3+;2-/m10/s1. The number of nitrogens with two attached hydrogens (primary N) is 2. The van der Waals surface area contributed by atoms with Gasteiger partial charge in [-0.3, -0.25) is 18.6 Å². The SMILES string of the molecule is C[C@@H](OP(=O)(O)O)[C@H](N)C(=O)O.N[C@@H](COP(=O)(O)O)C(=O)O. The molecule has 0 fully saturated rings. The van der Waals surface area contributed by atoms with Crippen LogP contribution in [0.15, 0.2) is 0 Å². The highest BCUT2D eigenvalue weighted by atomic mass is 31.2. The van der Waals surface area contributed by atoms with Crippen molar-refractivity contribution in [3.05, 3.63) is 0 Å². The van der Waals surface area contributed by atoms with Crippen LogP contribution in [-0.2, 0) is 27.8 Å². The maximum atomic E-state index is 10.2. The summed E-state index contributed by atoms with van der Waals surface area (Å²) in [7, 11) is -9.26. The van der Waals surface area contributed by atoms with Gasteiger partial charge in [-0.15, -0.1) is 0 Å². The van der Waals surface area contributed by atoms with Crippen LogP contribution in [0.2, 0.25) is 0 Å². The van der Waals surface area contributed by atoms with Crippen LogP contribution in [0, 0.1) is 0 Å². The van der Waals surface area contributed by atoms with E-state index in [4.69, 9.17) is 41.3 Å². The first kappa shape index (κ1) is 24.3. The number of rotatable bonds is 8. The Hall–Kier alpha value is -0.920. The average Bonchev–Trinajstić information content (AvgIpc) is 2.32. The largest absolute Gasteiger partial charge is 0.480 e. The Balaban J connectivity index is 0. The number of hydrogen-bond donors (Lipinski definition) is 8. The minimum Gasteiger partial charge on any atom is -0.480 e. The van der Waals surface area contributed by atoms with Crippen molar-refractivity contribution < 1.29 is 57.6 Å². The Morgan fingerprint density at radius 2 is 1.43 bits per heavy atom. The lowest BCUT2D eigenvalue weighted by Gasteiger charge is -2.16. The highest BCUT2D eigenvalue weighted by molar-refractivity contribution is 7.46. The molecule has 23 heavy (non-hydrogen) atoms. The first-order valence-electron chi connectivity index (χ1n) is 5.47. The summed E-state index contributed by atoms with van der Waals surface area (Å²) in [6.45, 7) is 0.456. The molecule has 16 heteroatoms. The second-order valence-electron chi connectivity index (χ2n) is 3.90. The van der Waals surface area contributed by atoms with E-state index in [1.54, 1.807) is 0 Å². The summed E-state index contributed by atoms with van der Waals surface area (Å²) >= 11 is 0. The van der Waals surface area contributed by atoms with Crippen molar-refractivity contribution >= 4 is 27.6 Å². The minimum absolute atomic E-state index is 0.709. The van der Waals surface area contributed by atoms with Crippen molar-refractivity contribution in [3.8, 4) is 0 Å². The molecule has 0 aliphatic carbocycles. The number of hydrogen-bond acceptors (Lipinski definition) is 8. The quantitative estimate of drug-likeness (QED) is 0.200. The summed E-state index contributed by atoms with van der Waals surface area (Å²) in [5, 5.41) is 16.4. The fourth-order valence-corrected chi connectivity index (χ4v) is 1.65. The van der Waals surface area contributed by atoms with Gasteiger partial charge in [0.05, 0.1) is 12.7 Å². The Morgan fingerprint density at radius 3 is 1.70 bits per heavy atom. The zero-order chi connectivity index (χ0) is 19.0. The summed E-state index contributed by atoms with van der Waals surface area (Å²) in [6.07, 6.45) is -1.23. The lowest BCUT2D eigenvalue weighted by molar-refractivity contribution is -0.141. The fourth-order valence-electron chi connectivity index (χ4n) is 0.732. The second-order valence-corrected chi connectivity index (χ2v) is 6.33. The van der Waals surface area contributed by atoms with Gasteiger partial charge in [-0.05, 0) is 6.92 Å². The van der Waals surface area contributed by atoms with Crippen molar-refractivity contribution in [1.29, 1.82) is 0 Å². The Morgan fingerprint density at radius 1 is 1.00 bits per heavy atom. The normalized spacial score (nSPS) is 15.8. The smallest absolute Gasteiger partial charge is 0.469 e. The van der Waals surface area contributed by atoms with Gasteiger partial charge in [0.1, 0.15) is 12.1 Å². The molecule has 0 amide bonds. The molecule has 0 rings (SSSR count). The predicted molar refractivity (Wildman–Crippen MR) is 71.8 cm³/mol. The molecule has 0 saturated carbocycles. The highest BCUT2D eigenvalue weighted by Gasteiger charge is 2.27. The molecule has 0 radical (unpaired) electrons. The molecule has 14 nitrogen and oxygen atoms in total. The third-order valence-corrected chi connectivity index (χ3v) is 2.93. The zero-order valence-corrected chi connectivity index (χ0v) is 13.4. The first-order valence-corrected chi connectivity index (χ1v) is 8.53. The fraction of sp³-hybridized carbons (Fsp3) is 0.714. The topological polar surface area (TPSA) is 260 Å². The summed E-state index contributed by atoms with van der Waals surface area (Å²) in [5.74, 6) is -2.76.